The largest absolute Gasteiger partial charge is 0.375 e. The van der Waals surface area contributed by atoms with Crippen LogP contribution >= 0.6 is 15.9 Å². The number of methoxy groups -OCH3 is 1. The predicted octanol–water partition coefficient (Wildman–Crippen LogP) is 3.55. The molecule has 3 heterocycles. The molecule has 1 unspecified atom stereocenters. The summed E-state index contributed by atoms with van der Waals surface area (Å²) >= 11 is 3.47. The Morgan fingerprint density at radius 1 is 1.15 bits per heavy atom. The van der Waals surface area contributed by atoms with Crippen molar-refractivity contribution in [3.8, 4) is 0 Å². The number of hydrogen-bond acceptors (Lipinski definition) is 5. The fourth-order valence-electron chi connectivity index (χ4n) is 5.08. The van der Waals surface area contributed by atoms with Crippen molar-refractivity contribution >= 4 is 27.7 Å². The van der Waals surface area contributed by atoms with E-state index >= 15 is 0 Å². The minimum Gasteiger partial charge on any atom is -0.375 e. The zero-order valence-electron chi connectivity index (χ0n) is 19.7. The van der Waals surface area contributed by atoms with Crippen molar-refractivity contribution < 1.29 is 14.3 Å². The highest BCUT2D eigenvalue weighted by Crippen LogP contribution is 2.42. The number of pyridine rings is 1. The number of benzene rings is 1. The Kier molecular flexibility index (Phi) is 8.34. The molecule has 0 radical (unpaired) electrons. The fourth-order valence-corrected chi connectivity index (χ4v) is 5.34. The monoisotopic (exact) mass is 528 g/mol. The molecule has 1 aromatic carbocycles. The molecule has 0 saturated carbocycles. The summed E-state index contributed by atoms with van der Waals surface area (Å²) in [7, 11) is 1.52. The summed E-state index contributed by atoms with van der Waals surface area (Å²) in [6.07, 6.45) is 5.25. The molecule has 1 N–H and O–H groups in total. The van der Waals surface area contributed by atoms with Crippen molar-refractivity contribution in [1.29, 1.82) is 0 Å². The number of rotatable bonds is 9. The second kappa shape index (κ2) is 11.4. The molecule has 1 aromatic heterocycles. The third-order valence-electron chi connectivity index (χ3n) is 7.09. The molecule has 2 aliphatic rings. The topological polar surface area (TPSA) is 74.8 Å². The number of nitrogens with zero attached hydrogens (tertiary/aromatic N) is 3. The summed E-state index contributed by atoms with van der Waals surface area (Å²) in [5.74, 6) is 0.173. The molecule has 8 heteroatoms. The standard InChI is InChI=1S/C26H33BrN4O3/c1-34-19-24(32)29-23(22-4-2-3-13-28-22)9-14-30-15-10-26(11-16-30)12-17-31(25(26)33)18-20-5-7-21(27)8-6-20/h2-8,13,23H,9-12,14-19H2,1H3,(H,29,32). The molecule has 2 amide bonds. The molecule has 2 aromatic rings. The third kappa shape index (κ3) is 6.03. The number of carbonyl (C=O) groups is 2. The van der Waals surface area contributed by atoms with Crippen LogP contribution in [0, 0.1) is 5.41 Å². The van der Waals surface area contributed by atoms with Crippen molar-refractivity contribution in [2.45, 2.75) is 38.3 Å². The van der Waals surface area contributed by atoms with Crippen LogP contribution in [0.3, 0.4) is 0 Å². The first-order valence-corrected chi connectivity index (χ1v) is 12.7. The lowest BCUT2D eigenvalue weighted by Crippen LogP contribution is -2.45. The van der Waals surface area contributed by atoms with Gasteiger partial charge in [0.15, 0.2) is 0 Å². The van der Waals surface area contributed by atoms with Gasteiger partial charge in [0.2, 0.25) is 11.8 Å². The van der Waals surface area contributed by atoms with Crippen LogP contribution in [-0.4, -0.2) is 66.5 Å². The number of halogens is 1. The molecular weight excluding hydrogens is 496 g/mol. The smallest absolute Gasteiger partial charge is 0.246 e. The van der Waals surface area contributed by atoms with E-state index in [4.69, 9.17) is 4.74 Å². The number of nitrogens with one attached hydrogen (secondary N) is 1. The minimum atomic E-state index is -0.209. The Hall–Kier alpha value is -2.29. The maximum atomic E-state index is 13.3. The highest BCUT2D eigenvalue weighted by atomic mass is 79.9. The third-order valence-corrected chi connectivity index (χ3v) is 7.62. The molecule has 34 heavy (non-hydrogen) atoms. The summed E-state index contributed by atoms with van der Waals surface area (Å²) in [5.41, 5.74) is 1.82. The van der Waals surface area contributed by atoms with E-state index in [0.717, 1.165) is 62.0 Å². The predicted molar refractivity (Wildman–Crippen MR) is 134 cm³/mol. The van der Waals surface area contributed by atoms with Gasteiger partial charge in [-0.15, -0.1) is 0 Å². The Morgan fingerprint density at radius 3 is 2.56 bits per heavy atom. The fraction of sp³-hybridized carbons (Fsp3) is 0.500. The van der Waals surface area contributed by atoms with E-state index in [2.05, 4.69) is 43.3 Å². The SMILES string of the molecule is COCC(=O)NC(CCN1CCC2(CC1)CCN(Cc1ccc(Br)cc1)C2=O)c1ccccn1. The molecule has 0 bridgehead atoms. The summed E-state index contributed by atoms with van der Waals surface area (Å²) in [4.78, 5) is 34.3. The van der Waals surface area contributed by atoms with E-state index in [-0.39, 0.29) is 24.0 Å². The lowest BCUT2D eigenvalue weighted by atomic mass is 9.77. The van der Waals surface area contributed by atoms with Crippen LogP contribution in [0.15, 0.2) is 53.1 Å². The number of hydrogen-bond donors (Lipinski definition) is 1. The molecule has 4 rings (SSSR count). The first-order chi connectivity index (χ1) is 16.5. The second-order valence-corrected chi connectivity index (χ2v) is 10.2. The molecule has 182 valence electrons. The maximum Gasteiger partial charge on any atom is 0.246 e. The molecule has 0 aliphatic carbocycles. The van der Waals surface area contributed by atoms with E-state index in [1.807, 2.05) is 35.2 Å². The van der Waals surface area contributed by atoms with Crippen LogP contribution in [0.4, 0.5) is 0 Å². The van der Waals surface area contributed by atoms with Gasteiger partial charge in [-0.3, -0.25) is 14.6 Å². The Labute approximate surface area is 210 Å². The minimum absolute atomic E-state index is 0.0361. The van der Waals surface area contributed by atoms with Gasteiger partial charge >= 0.3 is 0 Å². The van der Waals surface area contributed by atoms with Crippen molar-refractivity contribution in [3.05, 3.63) is 64.4 Å². The second-order valence-electron chi connectivity index (χ2n) is 9.32. The van der Waals surface area contributed by atoms with E-state index < -0.39 is 0 Å². The summed E-state index contributed by atoms with van der Waals surface area (Å²) in [6.45, 7) is 4.21. The summed E-state index contributed by atoms with van der Waals surface area (Å²) in [5, 5.41) is 3.05. The number of likely N-dealkylation sites (tertiary alicyclic amines) is 2. The number of piperidine rings is 1. The van der Waals surface area contributed by atoms with Gasteiger partial charge in [0, 0.05) is 37.4 Å². The lowest BCUT2D eigenvalue weighted by Gasteiger charge is -2.38. The van der Waals surface area contributed by atoms with Crippen LogP contribution in [-0.2, 0) is 20.9 Å². The number of aromatic nitrogens is 1. The Balaban J connectivity index is 1.30. The molecule has 7 nitrogen and oxygen atoms in total. The van der Waals surface area contributed by atoms with Gasteiger partial charge in [-0.05, 0) is 68.6 Å². The maximum absolute atomic E-state index is 13.3. The van der Waals surface area contributed by atoms with Crippen molar-refractivity contribution in [3.63, 3.8) is 0 Å². The van der Waals surface area contributed by atoms with Gasteiger partial charge in [-0.25, -0.2) is 0 Å². The molecule has 1 spiro atoms. The van der Waals surface area contributed by atoms with E-state index in [1.165, 1.54) is 12.7 Å². The average Bonchev–Trinajstić information content (AvgIpc) is 3.14. The van der Waals surface area contributed by atoms with Crippen molar-refractivity contribution in [2.75, 3.05) is 39.9 Å². The van der Waals surface area contributed by atoms with Gasteiger partial charge in [-0.2, -0.15) is 0 Å². The molecule has 2 saturated heterocycles. The van der Waals surface area contributed by atoms with E-state index in [1.54, 1.807) is 6.20 Å². The lowest BCUT2D eigenvalue weighted by molar-refractivity contribution is -0.139. The van der Waals surface area contributed by atoms with Gasteiger partial charge in [0.1, 0.15) is 6.61 Å². The zero-order chi connectivity index (χ0) is 24.0. The molecule has 2 fully saturated rings. The van der Waals surface area contributed by atoms with Gasteiger partial charge in [0.05, 0.1) is 17.2 Å². The van der Waals surface area contributed by atoms with Crippen molar-refractivity contribution in [1.82, 2.24) is 20.1 Å². The summed E-state index contributed by atoms with van der Waals surface area (Å²) in [6, 6.07) is 13.8. The normalized spacial score (nSPS) is 18.9. The van der Waals surface area contributed by atoms with Crippen LogP contribution in [0.25, 0.3) is 0 Å². The Bertz CT molecular complexity index is 962. The quantitative estimate of drug-likeness (QED) is 0.538. The van der Waals surface area contributed by atoms with Crippen LogP contribution in [0.5, 0.6) is 0 Å². The average molecular weight is 529 g/mol. The first kappa shape index (κ1) is 24.8. The highest BCUT2D eigenvalue weighted by molar-refractivity contribution is 9.10. The molecule has 1 atom stereocenters. The number of carbonyl (C=O) groups excluding carboxylic acids is 2. The van der Waals surface area contributed by atoms with Gasteiger partial charge < -0.3 is 19.9 Å². The number of amides is 2. The summed E-state index contributed by atoms with van der Waals surface area (Å²) < 4.78 is 6.02. The van der Waals surface area contributed by atoms with Crippen LogP contribution in [0.1, 0.15) is 43.0 Å². The highest BCUT2D eigenvalue weighted by Gasteiger charge is 2.47. The van der Waals surface area contributed by atoms with E-state index in [0.29, 0.717) is 12.5 Å². The zero-order valence-corrected chi connectivity index (χ0v) is 21.3. The van der Waals surface area contributed by atoms with Crippen LogP contribution in [0.2, 0.25) is 0 Å². The Morgan fingerprint density at radius 2 is 1.88 bits per heavy atom. The van der Waals surface area contributed by atoms with E-state index in [9.17, 15) is 9.59 Å². The van der Waals surface area contributed by atoms with Crippen LogP contribution < -0.4 is 5.32 Å². The number of ether oxygens (including phenoxy) is 1. The first-order valence-electron chi connectivity index (χ1n) is 11.9. The van der Waals surface area contributed by atoms with Gasteiger partial charge in [-0.1, -0.05) is 34.1 Å². The molecule has 2 aliphatic heterocycles. The van der Waals surface area contributed by atoms with Gasteiger partial charge in [0.25, 0.3) is 0 Å². The van der Waals surface area contributed by atoms with Crippen molar-refractivity contribution in [2.24, 2.45) is 5.41 Å². The molecular formula is C26H33BrN4O3.